The molecule has 0 aliphatic heterocycles. The fraction of sp³-hybridized carbons (Fsp3) is 1.00. The normalized spacial score (nSPS) is 11.0. The fourth-order valence-electron chi connectivity index (χ4n) is 0.926. The van der Waals surface area contributed by atoms with Crippen molar-refractivity contribution < 1.29 is 0 Å². The lowest BCUT2D eigenvalue weighted by atomic mass is 9.90. The van der Waals surface area contributed by atoms with Crippen LogP contribution in [0.25, 0.3) is 0 Å². The van der Waals surface area contributed by atoms with Gasteiger partial charge in [0, 0.05) is 0 Å². The molecule has 1 nitrogen and oxygen atoms in total. The average Bonchev–Trinajstić information content (AvgIpc) is 1.88. The summed E-state index contributed by atoms with van der Waals surface area (Å²) in [7, 11) is 4.26. The van der Waals surface area contributed by atoms with E-state index in [0.29, 0.717) is 5.41 Å². The summed E-state index contributed by atoms with van der Waals surface area (Å²) in [6.45, 7) is 12.1. The van der Waals surface area contributed by atoms with Gasteiger partial charge in [-0.05, 0) is 38.9 Å². The minimum Gasteiger partial charge on any atom is -0.309 e. The van der Waals surface area contributed by atoms with E-state index in [1.807, 2.05) is 13.8 Å². The molecule has 0 rings (SSSR count). The molecule has 0 saturated heterocycles. The monoisotopic (exact) mass is 173 g/mol. The van der Waals surface area contributed by atoms with Crippen LogP contribution in [-0.4, -0.2) is 25.5 Å². The molecule has 0 bridgehead atoms. The van der Waals surface area contributed by atoms with Gasteiger partial charge in [-0.15, -0.1) is 0 Å². The molecule has 0 aliphatic rings. The van der Waals surface area contributed by atoms with Gasteiger partial charge in [-0.25, -0.2) is 0 Å². The van der Waals surface area contributed by atoms with Gasteiger partial charge in [0.1, 0.15) is 0 Å². The van der Waals surface area contributed by atoms with Crippen LogP contribution < -0.4 is 0 Å². The first kappa shape index (κ1) is 14.5. The van der Waals surface area contributed by atoms with Crippen molar-refractivity contribution in [2.75, 3.05) is 20.6 Å². The Hall–Kier alpha value is -0.0400. The van der Waals surface area contributed by atoms with Crippen LogP contribution >= 0.6 is 0 Å². The van der Waals surface area contributed by atoms with Gasteiger partial charge in [0.25, 0.3) is 0 Å². The highest BCUT2D eigenvalue weighted by molar-refractivity contribution is 4.61. The van der Waals surface area contributed by atoms with Crippen molar-refractivity contribution in [3.05, 3.63) is 0 Å². The van der Waals surface area contributed by atoms with E-state index in [4.69, 9.17) is 0 Å². The van der Waals surface area contributed by atoms with E-state index in [-0.39, 0.29) is 0 Å². The Kier molecular flexibility index (Phi) is 9.17. The van der Waals surface area contributed by atoms with Crippen LogP contribution in [0.15, 0.2) is 0 Å². The van der Waals surface area contributed by atoms with Crippen LogP contribution in [0.3, 0.4) is 0 Å². The van der Waals surface area contributed by atoms with Gasteiger partial charge in [-0.1, -0.05) is 34.6 Å². The molecular weight excluding hydrogens is 146 g/mol. The van der Waals surface area contributed by atoms with Gasteiger partial charge in [-0.3, -0.25) is 0 Å². The Bertz CT molecular complexity index is 79.5. The molecular formula is C11H27N. The number of hydrogen-bond acceptors (Lipinski definition) is 1. The third-order valence-corrected chi connectivity index (χ3v) is 1.53. The molecule has 1 heteroatoms. The highest BCUT2D eigenvalue weighted by Crippen LogP contribution is 2.20. The summed E-state index contributed by atoms with van der Waals surface area (Å²) >= 11 is 0. The summed E-state index contributed by atoms with van der Waals surface area (Å²) in [5.41, 5.74) is 0.510. The largest absolute Gasteiger partial charge is 0.309 e. The van der Waals surface area contributed by atoms with Gasteiger partial charge in [0.05, 0.1) is 0 Å². The van der Waals surface area contributed by atoms with Crippen LogP contribution in [0.4, 0.5) is 0 Å². The third kappa shape index (κ3) is 16.5. The molecule has 0 radical (unpaired) electrons. The van der Waals surface area contributed by atoms with Crippen molar-refractivity contribution >= 4 is 0 Å². The van der Waals surface area contributed by atoms with Crippen molar-refractivity contribution in [2.24, 2.45) is 5.41 Å². The van der Waals surface area contributed by atoms with Gasteiger partial charge >= 0.3 is 0 Å². The number of rotatable bonds is 3. The van der Waals surface area contributed by atoms with E-state index in [0.717, 1.165) is 0 Å². The summed E-state index contributed by atoms with van der Waals surface area (Å²) in [6, 6.07) is 0. The van der Waals surface area contributed by atoms with E-state index in [1.54, 1.807) is 0 Å². The fourth-order valence-corrected chi connectivity index (χ4v) is 0.926. The first-order chi connectivity index (χ1) is 5.42. The zero-order valence-corrected chi connectivity index (χ0v) is 10.1. The van der Waals surface area contributed by atoms with Crippen molar-refractivity contribution in [3.63, 3.8) is 0 Å². The van der Waals surface area contributed by atoms with E-state index < -0.39 is 0 Å². The predicted octanol–water partition coefficient (Wildman–Crippen LogP) is 3.40. The molecule has 0 unspecified atom stereocenters. The molecule has 0 heterocycles. The summed E-state index contributed by atoms with van der Waals surface area (Å²) in [4.78, 5) is 2.24. The standard InChI is InChI=1S/C9H21N.C2H6/c1-9(2,3)7-6-8-10(4)5;1-2/h6-8H2,1-5H3;1-2H3. The van der Waals surface area contributed by atoms with E-state index in [2.05, 4.69) is 39.8 Å². The molecule has 0 aromatic heterocycles. The Balaban J connectivity index is 0. The highest BCUT2D eigenvalue weighted by Gasteiger charge is 2.08. The average molecular weight is 173 g/mol. The molecule has 0 saturated carbocycles. The summed E-state index contributed by atoms with van der Waals surface area (Å²) in [5, 5.41) is 0. The highest BCUT2D eigenvalue weighted by atomic mass is 15.0. The van der Waals surface area contributed by atoms with Crippen molar-refractivity contribution in [1.82, 2.24) is 4.90 Å². The van der Waals surface area contributed by atoms with Crippen LogP contribution in [-0.2, 0) is 0 Å². The lowest BCUT2D eigenvalue weighted by molar-refractivity contribution is 0.319. The van der Waals surface area contributed by atoms with Crippen molar-refractivity contribution in [3.8, 4) is 0 Å². The van der Waals surface area contributed by atoms with Gasteiger partial charge in [-0.2, -0.15) is 0 Å². The Morgan fingerprint density at radius 1 is 1.00 bits per heavy atom. The van der Waals surface area contributed by atoms with Crippen LogP contribution in [0.5, 0.6) is 0 Å². The summed E-state index contributed by atoms with van der Waals surface area (Å²) in [5.74, 6) is 0. The zero-order chi connectivity index (χ0) is 10.2. The number of nitrogens with zero attached hydrogens (tertiary/aromatic N) is 1. The quantitative estimate of drug-likeness (QED) is 0.632. The van der Waals surface area contributed by atoms with Gasteiger partial charge in [0.2, 0.25) is 0 Å². The van der Waals surface area contributed by atoms with Gasteiger partial charge in [0.15, 0.2) is 0 Å². The summed E-state index contributed by atoms with van der Waals surface area (Å²) in [6.07, 6.45) is 2.64. The number of hydrogen-bond donors (Lipinski definition) is 0. The maximum atomic E-state index is 2.29. The second-order valence-electron chi connectivity index (χ2n) is 4.47. The lowest BCUT2D eigenvalue weighted by Gasteiger charge is -2.19. The SMILES string of the molecule is CC.CN(C)CCCC(C)(C)C. The maximum absolute atomic E-state index is 2.29. The van der Waals surface area contributed by atoms with Crippen molar-refractivity contribution in [2.45, 2.75) is 47.5 Å². The first-order valence-electron chi connectivity index (χ1n) is 5.06. The minimum atomic E-state index is 0.510. The smallest absolute Gasteiger partial charge is 0.00246 e. The van der Waals surface area contributed by atoms with E-state index >= 15 is 0 Å². The molecule has 0 aromatic carbocycles. The molecule has 76 valence electrons. The molecule has 0 N–H and O–H groups in total. The predicted molar refractivity (Wildman–Crippen MR) is 58.6 cm³/mol. The Labute approximate surface area is 79.2 Å². The summed E-state index contributed by atoms with van der Waals surface area (Å²) < 4.78 is 0. The van der Waals surface area contributed by atoms with Crippen LogP contribution in [0.2, 0.25) is 0 Å². The topological polar surface area (TPSA) is 3.24 Å². The molecule has 0 fully saturated rings. The molecule has 0 aromatic rings. The molecule has 0 amide bonds. The lowest BCUT2D eigenvalue weighted by Crippen LogP contribution is -2.15. The minimum absolute atomic E-state index is 0.510. The van der Waals surface area contributed by atoms with E-state index in [9.17, 15) is 0 Å². The third-order valence-electron chi connectivity index (χ3n) is 1.53. The maximum Gasteiger partial charge on any atom is -0.00246 e. The van der Waals surface area contributed by atoms with Gasteiger partial charge < -0.3 is 4.90 Å². The Morgan fingerprint density at radius 2 is 1.42 bits per heavy atom. The van der Waals surface area contributed by atoms with Crippen LogP contribution in [0.1, 0.15) is 47.5 Å². The zero-order valence-electron chi connectivity index (χ0n) is 10.1. The second kappa shape index (κ2) is 7.60. The van der Waals surface area contributed by atoms with Crippen LogP contribution in [0, 0.1) is 5.41 Å². The second-order valence-corrected chi connectivity index (χ2v) is 4.47. The Morgan fingerprint density at radius 3 is 1.67 bits per heavy atom. The molecule has 0 aliphatic carbocycles. The molecule has 12 heavy (non-hydrogen) atoms. The van der Waals surface area contributed by atoms with E-state index in [1.165, 1.54) is 19.4 Å². The molecule has 0 atom stereocenters. The molecule has 0 spiro atoms. The first-order valence-corrected chi connectivity index (χ1v) is 5.06. The van der Waals surface area contributed by atoms with Crippen molar-refractivity contribution in [1.29, 1.82) is 0 Å².